The summed E-state index contributed by atoms with van der Waals surface area (Å²) in [6, 6.07) is 9.08. The first kappa shape index (κ1) is 18.0. The van der Waals surface area contributed by atoms with Crippen molar-refractivity contribution < 1.29 is 14.3 Å². The molecule has 1 aromatic heterocycles. The Bertz CT molecular complexity index is 737. The van der Waals surface area contributed by atoms with Gasteiger partial charge in [0.1, 0.15) is 6.10 Å². The molecule has 7 heteroatoms. The average molecular weight is 356 g/mol. The van der Waals surface area contributed by atoms with Gasteiger partial charge < -0.3 is 15.4 Å². The lowest BCUT2D eigenvalue weighted by molar-refractivity contribution is 0.0188. The highest BCUT2D eigenvalue weighted by Gasteiger charge is 2.26. The van der Waals surface area contributed by atoms with Gasteiger partial charge in [0.05, 0.1) is 11.3 Å². The van der Waals surface area contributed by atoms with E-state index in [4.69, 9.17) is 4.74 Å². The van der Waals surface area contributed by atoms with Gasteiger partial charge in [0.25, 0.3) is 0 Å². The van der Waals surface area contributed by atoms with Crippen LogP contribution in [0, 0.1) is 0 Å². The number of nitrogens with zero attached hydrogens (tertiary/aromatic N) is 2. The van der Waals surface area contributed by atoms with Gasteiger partial charge in [-0.05, 0) is 50.8 Å². The Morgan fingerprint density at radius 2 is 1.96 bits per heavy atom. The minimum absolute atomic E-state index is 0.125. The molecular weight excluding hydrogens is 332 g/mol. The van der Waals surface area contributed by atoms with E-state index in [1.54, 1.807) is 23.1 Å². The summed E-state index contributed by atoms with van der Waals surface area (Å²) in [6.07, 6.45) is 6.43. The van der Waals surface area contributed by atoms with E-state index >= 15 is 0 Å². The molecular formula is C19H24N4O3. The molecule has 0 saturated heterocycles. The topological polar surface area (TPSA) is 85.3 Å². The van der Waals surface area contributed by atoms with Gasteiger partial charge in [0, 0.05) is 25.0 Å². The minimum Gasteiger partial charge on any atom is -0.459 e. The molecule has 3 rings (SSSR count). The number of carbonyl (C=O) groups excluding carboxylic acids is 2. The van der Waals surface area contributed by atoms with Gasteiger partial charge in [-0.3, -0.25) is 0 Å². The van der Waals surface area contributed by atoms with E-state index in [2.05, 4.69) is 15.7 Å². The number of benzene rings is 1. The minimum atomic E-state index is -0.337. The summed E-state index contributed by atoms with van der Waals surface area (Å²) in [4.78, 5) is 24.2. The molecule has 0 atom stereocenters. The Hall–Kier alpha value is -2.83. The molecule has 0 unspecified atom stereocenters. The first-order chi connectivity index (χ1) is 12.7. The molecule has 2 aromatic rings. The first-order valence-corrected chi connectivity index (χ1v) is 9.01. The average Bonchev–Trinajstić information content (AvgIpc) is 3.18. The van der Waals surface area contributed by atoms with Crippen LogP contribution in [0.1, 0.15) is 43.0 Å². The largest absolute Gasteiger partial charge is 0.459 e. The third kappa shape index (κ3) is 4.41. The number of carbonyl (C=O) groups is 2. The second-order valence-electron chi connectivity index (χ2n) is 6.35. The second kappa shape index (κ2) is 8.51. The molecule has 0 spiro atoms. The molecule has 0 radical (unpaired) electrons. The molecule has 0 aliphatic heterocycles. The molecule has 138 valence electrons. The second-order valence-corrected chi connectivity index (χ2v) is 6.35. The Kier molecular flexibility index (Phi) is 5.88. The van der Waals surface area contributed by atoms with Gasteiger partial charge in [-0.2, -0.15) is 5.10 Å². The molecule has 2 amide bonds. The number of esters is 1. The number of hydrogen-bond donors (Lipinski definition) is 2. The van der Waals surface area contributed by atoms with Crippen molar-refractivity contribution in [1.29, 1.82) is 0 Å². The zero-order chi connectivity index (χ0) is 18.4. The summed E-state index contributed by atoms with van der Waals surface area (Å²) in [5.74, 6) is -0.337. The SMILES string of the molecule is CCNC(=O)NC1CCC(OC(=O)c2ccccc2-n2cccn2)CC1. The number of aromatic nitrogens is 2. The summed E-state index contributed by atoms with van der Waals surface area (Å²) in [5, 5.41) is 9.88. The number of hydrogen-bond acceptors (Lipinski definition) is 4. The predicted octanol–water partition coefficient (Wildman–Crippen LogP) is 2.66. The summed E-state index contributed by atoms with van der Waals surface area (Å²) >= 11 is 0. The van der Waals surface area contributed by atoms with Gasteiger partial charge in [-0.25, -0.2) is 14.3 Å². The molecule has 7 nitrogen and oxygen atoms in total. The van der Waals surface area contributed by atoms with Crippen LogP contribution in [0.2, 0.25) is 0 Å². The predicted molar refractivity (Wildman–Crippen MR) is 97.2 cm³/mol. The fraction of sp³-hybridized carbons (Fsp3) is 0.421. The molecule has 1 aliphatic carbocycles. The molecule has 1 heterocycles. The maximum Gasteiger partial charge on any atom is 0.340 e. The summed E-state index contributed by atoms with van der Waals surface area (Å²) < 4.78 is 7.37. The number of ether oxygens (including phenoxy) is 1. The van der Waals surface area contributed by atoms with Gasteiger partial charge >= 0.3 is 12.0 Å². The van der Waals surface area contributed by atoms with E-state index in [1.807, 2.05) is 31.2 Å². The lowest BCUT2D eigenvalue weighted by Gasteiger charge is -2.29. The maximum absolute atomic E-state index is 12.6. The number of rotatable bonds is 5. The lowest BCUT2D eigenvalue weighted by Crippen LogP contribution is -2.44. The van der Waals surface area contributed by atoms with Crippen LogP contribution in [0.4, 0.5) is 4.79 Å². The van der Waals surface area contributed by atoms with Crippen LogP contribution >= 0.6 is 0 Å². The lowest BCUT2D eigenvalue weighted by atomic mass is 9.93. The van der Waals surface area contributed by atoms with Crippen LogP contribution in [-0.4, -0.2) is 40.5 Å². The molecule has 1 saturated carbocycles. The summed E-state index contributed by atoms with van der Waals surface area (Å²) in [5.41, 5.74) is 1.20. The van der Waals surface area contributed by atoms with Crippen molar-refractivity contribution in [1.82, 2.24) is 20.4 Å². The van der Waals surface area contributed by atoms with E-state index in [0.717, 1.165) is 25.7 Å². The van der Waals surface area contributed by atoms with Gasteiger partial charge in [-0.1, -0.05) is 12.1 Å². The molecule has 2 N–H and O–H groups in total. The number of nitrogens with one attached hydrogen (secondary N) is 2. The molecule has 1 aliphatic rings. The fourth-order valence-electron chi connectivity index (χ4n) is 3.19. The number of urea groups is 1. The molecule has 26 heavy (non-hydrogen) atoms. The van der Waals surface area contributed by atoms with Crippen molar-refractivity contribution in [3.63, 3.8) is 0 Å². The Balaban J connectivity index is 1.56. The van der Waals surface area contributed by atoms with E-state index in [9.17, 15) is 9.59 Å². The smallest absolute Gasteiger partial charge is 0.340 e. The van der Waals surface area contributed by atoms with Crippen LogP contribution in [0.5, 0.6) is 0 Å². The third-order valence-electron chi connectivity index (χ3n) is 4.50. The van der Waals surface area contributed by atoms with Gasteiger partial charge in [0.15, 0.2) is 0 Å². The highest BCUT2D eigenvalue weighted by molar-refractivity contribution is 5.93. The monoisotopic (exact) mass is 356 g/mol. The van der Waals surface area contributed by atoms with E-state index in [0.29, 0.717) is 17.8 Å². The number of amides is 2. The van der Waals surface area contributed by atoms with Gasteiger partial charge in [0.2, 0.25) is 0 Å². The molecule has 0 bridgehead atoms. The van der Waals surface area contributed by atoms with Crippen LogP contribution in [0.25, 0.3) is 5.69 Å². The van der Waals surface area contributed by atoms with Crippen molar-refractivity contribution in [2.24, 2.45) is 0 Å². The van der Waals surface area contributed by atoms with E-state index in [-0.39, 0.29) is 24.1 Å². The third-order valence-corrected chi connectivity index (χ3v) is 4.50. The highest BCUT2D eigenvalue weighted by Crippen LogP contribution is 2.23. The maximum atomic E-state index is 12.6. The van der Waals surface area contributed by atoms with Crippen LogP contribution in [0.15, 0.2) is 42.7 Å². The normalized spacial score (nSPS) is 19.6. The standard InChI is InChI=1S/C19H24N4O3/c1-2-20-19(25)22-14-8-10-15(11-9-14)26-18(24)16-6-3-4-7-17(16)23-13-5-12-21-23/h3-7,12-15H,2,8-11H2,1H3,(H2,20,22,25). The molecule has 1 aromatic carbocycles. The van der Waals surface area contributed by atoms with Crippen LogP contribution in [-0.2, 0) is 4.74 Å². The molecule has 1 fully saturated rings. The fourth-order valence-corrected chi connectivity index (χ4v) is 3.19. The quantitative estimate of drug-likeness (QED) is 0.807. The highest BCUT2D eigenvalue weighted by atomic mass is 16.5. The van der Waals surface area contributed by atoms with Crippen molar-refractivity contribution in [3.8, 4) is 5.69 Å². The zero-order valence-electron chi connectivity index (χ0n) is 14.9. The van der Waals surface area contributed by atoms with E-state index < -0.39 is 0 Å². The summed E-state index contributed by atoms with van der Waals surface area (Å²) in [7, 11) is 0. The van der Waals surface area contributed by atoms with Crippen molar-refractivity contribution in [2.45, 2.75) is 44.8 Å². The van der Waals surface area contributed by atoms with Crippen LogP contribution < -0.4 is 10.6 Å². The number of para-hydroxylation sites is 1. The van der Waals surface area contributed by atoms with Crippen molar-refractivity contribution in [3.05, 3.63) is 48.3 Å². The van der Waals surface area contributed by atoms with Crippen LogP contribution in [0.3, 0.4) is 0 Å². The van der Waals surface area contributed by atoms with Crippen molar-refractivity contribution in [2.75, 3.05) is 6.54 Å². The zero-order valence-corrected chi connectivity index (χ0v) is 14.9. The Morgan fingerprint density at radius 1 is 1.19 bits per heavy atom. The first-order valence-electron chi connectivity index (χ1n) is 9.01. The van der Waals surface area contributed by atoms with E-state index in [1.165, 1.54) is 0 Å². The van der Waals surface area contributed by atoms with Gasteiger partial charge in [-0.15, -0.1) is 0 Å². The Labute approximate surface area is 152 Å². The van der Waals surface area contributed by atoms with Crippen molar-refractivity contribution >= 4 is 12.0 Å². The summed E-state index contributed by atoms with van der Waals surface area (Å²) in [6.45, 7) is 2.49. The Morgan fingerprint density at radius 3 is 2.65 bits per heavy atom.